The van der Waals surface area contributed by atoms with E-state index in [1.54, 1.807) is 22.7 Å². The summed E-state index contributed by atoms with van der Waals surface area (Å²) in [4.78, 5) is 10.5. The normalized spacial score (nSPS) is 10.7. The maximum absolute atomic E-state index is 3.36. The molecule has 214 valence electrons. The van der Waals surface area contributed by atoms with E-state index in [0.717, 1.165) is 20.9 Å². The predicted octanol–water partition coefficient (Wildman–Crippen LogP) is 12.3. The van der Waals surface area contributed by atoms with Gasteiger partial charge in [0.15, 0.2) is 0 Å². The average molecular weight is 623 g/mol. The fourth-order valence-corrected chi connectivity index (χ4v) is 8.72. The smallest absolute Gasteiger partial charge is 0.0779 e. The van der Waals surface area contributed by atoms with Crippen molar-refractivity contribution in [3.05, 3.63) is 103 Å². The Kier molecular flexibility index (Phi) is 11.7. The summed E-state index contributed by atoms with van der Waals surface area (Å²) in [6.07, 6.45) is 12.9. The van der Waals surface area contributed by atoms with E-state index in [2.05, 4.69) is 110 Å². The summed E-state index contributed by atoms with van der Waals surface area (Å²) < 4.78 is 0. The Hall–Kier alpha value is -2.86. The lowest BCUT2D eigenvalue weighted by molar-refractivity contribution is 0.670. The van der Waals surface area contributed by atoms with Crippen molar-refractivity contribution in [2.45, 2.75) is 78.1 Å². The van der Waals surface area contributed by atoms with E-state index in [-0.39, 0.29) is 0 Å². The minimum Gasteiger partial charge on any atom is -0.139 e. The van der Waals surface area contributed by atoms with Crippen LogP contribution in [-0.2, 0) is 12.8 Å². The van der Waals surface area contributed by atoms with Gasteiger partial charge in [-0.25, -0.2) is 0 Å². The van der Waals surface area contributed by atoms with Crippen LogP contribution in [0, 0.1) is 23.7 Å². The molecule has 0 spiro atoms. The molecule has 5 aromatic rings. The van der Waals surface area contributed by atoms with Crippen molar-refractivity contribution in [2.24, 2.45) is 0 Å². The summed E-state index contributed by atoms with van der Waals surface area (Å²) in [5, 5.41) is 0. The Bertz CT molecular complexity index is 1540. The minimum absolute atomic E-state index is 1.02. The molecule has 0 fully saturated rings. The molecular weight excluding hydrogens is 585 g/mol. The number of benzene rings is 1. The zero-order valence-electron chi connectivity index (χ0n) is 24.6. The zero-order chi connectivity index (χ0) is 29.0. The summed E-state index contributed by atoms with van der Waals surface area (Å²) in [5.41, 5.74) is 2.03. The summed E-state index contributed by atoms with van der Waals surface area (Å²) >= 11 is 7.43. The van der Waals surface area contributed by atoms with E-state index in [1.807, 2.05) is 22.7 Å². The first-order chi connectivity index (χ1) is 20.7. The van der Waals surface area contributed by atoms with Crippen LogP contribution in [0.1, 0.15) is 95.8 Å². The molecule has 0 N–H and O–H groups in total. The number of thiophene rings is 4. The summed E-state index contributed by atoms with van der Waals surface area (Å²) in [6.45, 7) is 4.53. The van der Waals surface area contributed by atoms with Crippen molar-refractivity contribution < 1.29 is 0 Å². The van der Waals surface area contributed by atoms with Gasteiger partial charge in [-0.05, 0) is 98.5 Å². The largest absolute Gasteiger partial charge is 0.139 e. The molecule has 0 atom stereocenters. The molecule has 4 heteroatoms. The fraction of sp³-hybridized carbons (Fsp3) is 0.316. The van der Waals surface area contributed by atoms with E-state index in [4.69, 9.17) is 0 Å². The molecule has 42 heavy (non-hydrogen) atoms. The molecule has 0 aliphatic heterocycles. The van der Waals surface area contributed by atoms with E-state index in [1.165, 1.54) is 93.5 Å². The van der Waals surface area contributed by atoms with Gasteiger partial charge >= 0.3 is 0 Å². The van der Waals surface area contributed by atoms with E-state index in [0.29, 0.717) is 0 Å². The van der Waals surface area contributed by atoms with Gasteiger partial charge < -0.3 is 0 Å². The Morgan fingerprint density at radius 2 is 0.810 bits per heavy atom. The molecule has 0 nitrogen and oxygen atoms in total. The summed E-state index contributed by atoms with van der Waals surface area (Å²) in [6, 6.07) is 26.1. The van der Waals surface area contributed by atoms with Gasteiger partial charge in [0.05, 0.1) is 9.75 Å². The molecule has 5 rings (SSSR count). The van der Waals surface area contributed by atoms with Crippen LogP contribution in [0.4, 0.5) is 0 Å². The van der Waals surface area contributed by atoms with Crippen LogP contribution in [0.15, 0.2) is 72.8 Å². The summed E-state index contributed by atoms with van der Waals surface area (Å²) in [5.74, 6) is 13.4. The van der Waals surface area contributed by atoms with Crippen LogP contribution >= 0.6 is 45.3 Å². The monoisotopic (exact) mass is 622 g/mol. The van der Waals surface area contributed by atoms with E-state index in [9.17, 15) is 0 Å². The first-order valence-electron chi connectivity index (χ1n) is 15.2. The highest BCUT2D eigenvalue weighted by molar-refractivity contribution is 7.23. The highest BCUT2D eigenvalue weighted by Gasteiger charge is 2.07. The summed E-state index contributed by atoms with van der Waals surface area (Å²) in [7, 11) is 0. The average Bonchev–Trinajstić information content (AvgIpc) is 3.83. The number of unbranched alkanes of at least 4 members (excludes halogenated alkanes) is 6. The van der Waals surface area contributed by atoms with Crippen molar-refractivity contribution in [1.29, 1.82) is 0 Å². The lowest BCUT2D eigenvalue weighted by atomic mass is 10.1. The van der Waals surface area contributed by atoms with Gasteiger partial charge in [-0.1, -0.05) is 76.1 Å². The third kappa shape index (κ3) is 9.07. The fourth-order valence-electron chi connectivity index (χ4n) is 4.72. The standard InChI is InChI=1S/C38H38S4/c1-3-5-7-9-11-31-21-25-35(39-31)37-27-23-33(41-37)19-17-29-13-15-30(16-14-29)18-20-34-24-28-38(42-34)36-26-22-32(40-36)12-10-8-6-4-2/h13-16,21-28H,3-12H2,1-2H3. The van der Waals surface area contributed by atoms with Gasteiger partial charge in [0.2, 0.25) is 0 Å². The molecule has 1 aromatic carbocycles. The number of hydrogen-bond donors (Lipinski definition) is 0. The topological polar surface area (TPSA) is 0 Å². The second-order valence-corrected chi connectivity index (χ2v) is 15.1. The number of hydrogen-bond acceptors (Lipinski definition) is 4. The Morgan fingerprint density at radius 3 is 1.24 bits per heavy atom. The van der Waals surface area contributed by atoms with Crippen molar-refractivity contribution in [3.8, 4) is 43.2 Å². The van der Waals surface area contributed by atoms with Gasteiger partial charge in [0.1, 0.15) is 0 Å². The first-order valence-corrected chi connectivity index (χ1v) is 18.5. The number of rotatable bonds is 12. The molecule has 0 aliphatic rings. The highest BCUT2D eigenvalue weighted by Crippen LogP contribution is 2.35. The molecule has 0 unspecified atom stereocenters. The maximum Gasteiger partial charge on any atom is 0.0779 e. The second kappa shape index (κ2) is 16.1. The van der Waals surface area contributed by atoms with Crippen molar-refractivity contribution in [1.82, 2.24) is 0 Å². The molecule has 4 aromatic heterocycles. The van der Waals surface area contributed by atoms with E-state index >= 15 is 0 Å². The lowest BCUT2D eigenvalue weighted by Gasteiger charge is -1.96. The van der Waals surface area contributed by atoms with Crippen molar-refractivity contribution in [3.63, 3.8) is 0 Å². The third-order valence-corrected chi connectivity index (χ3v) is 11.8. The van der Waals surface area contributed by atoms with Crippen LogP contribution in [0.2, 0.25) is 0 Å². The second-order valence-electron chi connectivity index (χ2n) is 10.6. The molecular formula is C38H38S4. The van der Waals surface area contributed by atoms with Crippen LogP contribution in [0.25, 0.3) is 19.5 Å². The molecule has 0 bridgehead atoms. The molecule has 0 radical (unpaired) electrons. The van der Waals surface area contributed by atoms with Gasteiger partial charge in [-0.3, -0.25) is 0 Å². The first kappa shape index (κ1) is 30.6. The number of aryl methyl sites for hydroxylation is 2. The molecule has 0 saturated carbocycles. The quantitative estimate of drug-likeness (QED) is 0.0959. The Labute approximate surface area is 268 Å². The van der Waals surface area contributed by atoms with Gasteiger partial charge in [-0.15, -0.1) is 45.3 Å². The molecule has 0 amide bonds. The van der Waals surface area contributed by atoms with Crippen molar-refractivity contribution >= 4 is 45.3 Å². The lowest BCUT2D eigenvalue weighted by Crippen LogP contribution is -1.80. The minimum atomic E-state index is 1.02. The molecule has 4 heterocycles. The zero-order valence-corrected chi connectivity index (χ0v) is 27.9. The van der Waals surface area contributed by atoms with Crippen molar-refractivity contribution in [2.75, 3.05) is 0 Å². The van der Waals surface area contributed by atoms with Crippen LogP contribution in [-0.4, -0.2) is 0 Å². The Morgan fingerprint density at radius 1 is 0.405 bits per heavy atom. The maximum atomic E-state index is 3.36. The SMILES string of the molecule is CCCCCCc1ccc(-c2ccc(C#Cc3ccc(C#Cc4ccc(-c5ccc(CCCCCC)s5)s4)cc3)s2)s1. The van der Waals surface area contributed by atoms with Crippen LogP contribution in [0.5, 0.6) is 0 Å². The van der Waals surface area contributed by atoms with Gasteiger partial charge in [-0.2, -0.15) is 0 Å². The van der Waals surface area contributed by atoms with E-state index < -0.39 is 0 Å². The van der Waals surface area contributed by atoms with Gasteiger partial charge in [0, 0.05) is 40.4 Å². The molecule has 0 aliphatic carbocycles. The van der Waals surface area contributed by atoms with Gasteiger partial charge in [0.25, 0.3) is 0 Å². The molecule has 0 saturated heterocycles. The van der Waals surface area contributed by atoms with Crippen LogP contribution in [0.3, 0.4) is 0 Å². The highest BCUT2D eigenvalue weighted by atomic mass is 32.1. The third-order valence-electron chi connectivity index (χ3n) is 7.12. The predicted molar refractivity (Wildman–Crippen MR) is 189 cm³/mol. The van der Waals surface area contributed by atoms with Crippen LogP contribution < -0.4 is 0 Å². The Balaban J connectivity index is 1.14.